The molecule has 0 aliphatic heterocycles. The van der Waals surface area contributed by atoms with E-state index in [2.05, 4.69) is 4.98 Å². The van der Waals surface area contributed by atoms with Gasteiger partial charge in [0.15, 0.2) is 0 Å². The SMILES string of the molecule is Cc1cn(Cl)c(C)n1.Cl. The lowest BCUT2D eigenvalue weighted by Gasteiger charge is -1.83. The molecule has 1 aromatic rings. The number of aromatic nitrogens is 2. The average Bonchev–Trinajstić information content (AvgIpc) is 1.85. The van der Waals surface area contributed by atoms with Gasteiger partial charge in [-0.25, -0.2) is 9.07 Å². The first-order chi connectivity index (χ1) is 3.70. The molecule has 1 aromatic heterocycles. The second kappa shape index (κ2) is 3.08. The number of nitrogens with zero attached hydrogens (tertiary/aromatic N) is 2. The van der Waals surface area contributed by atoms with Crippen LogP contribution in [0.25, 0.3) is 0 Å². The van der Waals surface area contributed by atoms with E-state index in [-0.39, 0.29) is 12.4 Å². The average molecular weight is 167 g/mol. The van der Waals surface area contributed by atoms with E-state index in [9.17, 15) is 0 Å². The fourth-order valence-electron chi connectivity index (χ4n) is 0.589. The molecule has 0 unspecified atom stereocenters. The minimum Gasteiger partial charge on any atom is -0.246 e. The van der Waals surface area contributed by atoms with Crippen LogP contribution in [0.15, 0.2) is 6.20 Å². The molecule has 0 radical (unpaired) electrons. The Hall–Kier alpha value is -0.210. The van der Waals surface area contributed by atoms with Crippen molar-refractivity contribution in [2.24, 2.45) is 0 Å². The Kier molecular flexibility index (Phi) is 3.01. The van der Waals surface area contributed by atoms with E-state index < -0.39 is 0 Å². The van der Waals surface area contributed by atoms with Gasteiger partial charge in [-0.1, -0.05) is 0 Å². The van der Waals surface area contributed by atoms with Crippen LogP contribution in [0.5, 0.6) is 0 Å². The van der Waals surface area contributed by atoms with Gasteiger partial charge in [0.25, 0.3) is 0 Å². The minimum absolute atomic E-state index is 0. The quantitative estimate of drug-likeness (QED) is 0.577. The van der Waals surface area contributed by atoms with Gasteiger partial charge in [-0.2, -0.15) is 0 Å². The molecule has 0 saturated heterocycles. The fourth-order valence-corrected chi connectivity index (χ4v) is 0.768. The number of hydrogen-bond acceptors (Lipinski definition) is 1. The van der Waals surface area contributed by atoms with Crippen molar-refractivity contribution in [1.82, 2.24) is 9.07 Å². The zero-order valence-corrected chi connectivity index (χ0v) is 6.83. The molecule has 2 nitrogen and oxygen atoms in total. The Bertz CT molecular complexity index is 175. The lowest BCUT2D eigenvalue weighted by atomic mass is 10.6. The largest absolute Gasteiger partial charge is 0.246 e. The van der Waals surface area contributed by atoms with Gasteiger partial charge in [-0.05, 0) is 13.8 Å². The third kappa shape index (κ3) is 1.88. The van der Waals surface area contributed by atoms with Crippen molar-refractivity contribution in [3.8, 4) is 0 Å². The van der Waals surface area contributed by atoms with Gasteiger partial charge in [0.1, 0.15) is 5.82 Å². The van der Waals surface area contributed by atoms with Crippen LogP contribution in [0.2, 0.25) is 0 Å². The van der Waals surface area contributed by atoms with Crippen LogP contribution in [0.4, 0.5) is 0 Å². The summed E-state index contributed by atoms with van der Waals surface area (Å²) in [7, 11) is 0. The first-order valence-electron chi connectivity index (χ1n) is 2.39. The molecule has 0 N–H and O–H groups in total. The van der Waals surface area contributed by atoms with Crippen LogP contribution in [0.3, 0.4) is 0 Å². The van der Waals surface area contributed by atoms with Crippen LogP contribution in [0, 0.1) is 13.8 Å². The van der Waals surface area contributed by atoms with Crippen molar-refractivity contribution in [1.29, 1.82) is 0 Å². The van der Waals surface area contributed by atoms with E-state index in [4.69, 9.17) is 11.8 Å². The fraction of sp³-hybridized carbons (Fsp3) is 0.400. The van der Waals surface area contributed by atoms with Gasteiger partial charge in [-0.15, -0.1) is 12.4 Å². The van der Waals surface area contributed by atoms with Gasteiger partial charge in [0.2, 0.25) is 0 Å². The predicted molar refractivity (Wildman–Crippen MR) is 40.2 cm³/mol. The summed E-state index contributed by atoms with van der Waals surface area (Å²) in [5, 5.41) is 0. The molecule has 4 heteroatoms. The minimum atomic E-state index is 0. The lowest BCUT2D eigenvalue weighted by Crippen LogP contribution is -1.79. The molecular weight excluding hydrogens is 159 g/mol. The maximum atomic E-state index is 5.58. The van der Waals surface area contributed by atoms with E-state index in [0.29, 0.717) is 0 Å². The molecule has 0 atom stereocenters. The Labute approximate surface area is 65.4 Å². The molecule has 0 aliphatic carbocycles. The highest BCUT2D eigenvalue weighted by molar-refractivity contribution is 6.15. The smallest absolute Gasteiger partial charge is 0.120 e. The van der Waals surface area contributed by atoms with Crippen molar-refractivity contribution in [3.05, 3.63) is 17.7 Å². The van der Waals surface area contributed by atoms with Crippen molar-refractivity contribution >= 4 is 24.2 Å². The molecule has 9 heavy (non-hydrogen) atoms. The summed E-state index contributed by atoms with van der Waals surface area (Å²) in [6.45, 7) is 3.77. The highest BCUT2D eigenvalue weighted by Crippen LogP contribution is 2.00. The van der Waals surface area contributed by atoms with Crippen LogP contribution in [0.1, 0.15) is 11.5 Å². The van der Waals surface area contributed by atoms with Crippen molar-refractivity contribution in [2.75, 3.05) is 0 Å². The molecule has 0 spiro atoms. The molecule has 0 fully saturated rings. The zero-order chi connectivity index (χ0) is 6.15. The molecule has 0 saturated carbocycles. The molecule has 1 heterocycles. The number of rotatable bonds is 0. The van der Waals surface area contributed by atoms with Crippen LogP contribution >= 0.6 is 24.2 Å². The molecule has 0 amide bonds. The molecule has 52 valence electrons. The first-order valence-corrected chi connectivity index (χ1v) is 2.72. The maximum Gasteiger partial charge on any atom is 0.120 e. The molecular formula is C5H8Cl2N2. The number of aryl methyl sites for hydroxylation is 2. The van der Waals surface area contributed by atoms with E-state index in [0.717, 1.165) is 11.5 Å². The molecule has 0 aliphatic rings. The van der Waals surface area contributed by atoms with Crippen molar-refractivity contribution in [2.45, 2.75) is 13.8 Å². The Balaban J connectivity index is 0.000000640. The molecule has 0 bridgehead atoms. The normalized spacial score (nSPS) is 8.78. The number of halogens is 2. The lowest BCUT2D eigenvalue weighted by molar-refractivity contribution is 1.07. The third-order valence-electron chi connectivity index (χ3n) is 0.947. The first kappa shape index (κ1) is 8.79. The van der Waals surface area contributed by atoms with Crippen LogP contribution in [-0.4, -0.2) is 9.07 Å². The van der Waals surface area contributed by atoms with E-state index in [1.54, 1.807) is 6.20 Å². The van der Waals surface area contributed by atoms with E-state index >= 15 is 0 Å². The topological polar surface area (TPSA) is 17.8 Å². The summed E-state index contributed by atoms with van der Waals surface area (Å²) in [6.07, 6.45) is 1.77. The molecule has 1 rings (SSSR count). The van der Waals surface area contributed by atoms with Gasteiger partial charge in [0, 0.05) is 18.0 Å². The number of hydrogen-bond donors (Lipinski definition) is 0. The van der Waals surface area contributed by atoms with Gasteiger partial charge < -0.3 is 0 Å². The summed E-state index contributed by atoms with van der Waals surface area (Å²) in [4.78, 5) is 4.04. The van der Waals surface area contributed by atoms with Crippen molar-refractivity contribution in [3.63, 3.8) is 0 Å². The van der Waals surface area contributed by atoms with Crippen LogP contribution < -0.4 is 0 Å². The monoisotopic (exact) mass is 166 g/mol. The second-order valence-corrected chi connectivity index (χ2v) is 2.10. The van der Waals surface area contributed by atoms with Crippen LogP contribution in [-0.2, 0) is 0 Å². The van der Waals surface area contributed by atoms with Gasteiger partial charge in [-0.3, -0.25) is 0 Å². The predicted octanol–water partition coefficient (Wildman–Crippen LogP) is 1.92. The van der Waals surface area contributed by atoms with E-state index in [1.165, 1.54) is 4.09 Å². The summed E-state index contributed by atoms with van der Waals surface area (Å²) in [6, 6.07) is 0. The van der Waals surface area contributed by atoms with Gasteiger partial charge in [0.05, 0.1) is 5.69 Å². The standard InChI is InChI=1S/C5H7ClN2.ClH/c1-4-3-8(6)5(2)7-4;/h3H,1-2H3;1H. The highest BCUT2D eigenvalue weighted by atomic mass is 35.5. The Morgan fingerprint density at radius 1 is 1.56 bits per heavy atom. The highest BCUT2D eigenvalue weighted by Gasteiger charge is 1.93. The van der Waals surface area contributed by atoms with E-state index in [1.807, 2.05) is 13.8 Å². The van der Waals surface area contributed by atoms with Crippen molar-refractivity contribution < 1.29 is 0 Å². The zero-order valence-electron chi connectivity index (χ0n) is 5.26. The Morgan fingerprint density at radius 2 is 2.11 bits per heavy atom. The summed E-state index contributed by atoms with van der Waals surface area (Å²) in [5.74, 6) is 0.837. The number of imidazole rings is 1. The summed E-state index contributed by atoms with van der Waals surface area (Å²) < 4.78 is 1.48. The Morgan fingerprint density at radius 3 is 2.22 bits per heavy atom. The molecule has 0 aromatic carbocycles. The second-order valence-electron chi connectivity index (χ2n) is 1.74. The summed E-state index contributed by atoms with van der Waals surface area (Å²) >= 11 is 5.58. The third-order valence-corrected chi connectivity index (χ3v) is 1.29. The van der Waals surface area contributed by atoms with Gasteiger partial charge >= 0.3 is 0 Å². The maximum absolute atomic E-state index is 5.58. The summed E-state index contributed by atoms with van der Waals surface area (Å²) in [5.41, 5.74) is 0.956.